The maximum atomic E-state index is 12.8. The molecule has 1 aliphatic carbocycles. The number of aromatic nitrogens is 3. The summed E-state index contributed by atoms with van der Waals surface area (Å²) < 4.78 is 1.96. The third-order valence-corrected chi connectivity index (χ3v) is 7.06. The van der Waals surface area contributed by atoms with E-state index in [-0.39, 0.29) is 17.9 Å². The Labute approximate surface area is 172 Å². The summed E-state index contributed by atoms with van der Waals surface area (Å²) in [7, 11) is 0. The Morgan fingerprint density at radius 2 is 2.00 bits per heavy atom. The first kappa shape index (κ1) is 18.9. The molecule has 1 atom stereocenters. The zero-order chi connectivity index (χ0) is 19.8. The van der Waals surface area contributed by atoms with Crippen LogP contribution in [-0.4, -0.2) is 52.7 Å². The first-order chi connectivity index (χ1) is 14.2. The molecule has 7 nitrogen and oxygen atoms in total. The summed E-state index contributed by atoms with van der Waals surface area (Å²) in [5.41, 5.74) is 3.37. The van der Waals surface area contributed by atoms with E-state index in [1.54, 1.807) is 0 Å². The van der Waals surface area contributed by atoms with Gasteiger partial charge in [-0.05, 0) is 38.6 Å². The van der Waals surface area contributed by atoms with E-state index in [1.165, 1.54) is 43.4 Å². The number of nitrogens with one attached hydrogen (secondary N) is 2. The molecule has 1 saturated carbocycles. The van der Waals surface area contributed by atoms with Crippen LogP contribution in [0.2, 0.25) is 0 Å². The van der Waals surface area contributed by atoms with Gasteiger partial charge in [0, 0.05) is 43.7 Å². The van der Waals surface area contributed by atoms with Crippen LogP contribution in [0, 0.1) is 11.8 Å². The van der Waals surface area contributed by atoms with Crippen molar-refractivity contribution in [2.24, 2.45) is 11.8 Å². The van der Waals surface area contributed by atoms with Crippen LogP contribution in [0.4, 0.5) is 5.82 Å². The second kappa shape index (κ2) is 7.94. The molecule has 0 aromatic carbocycles. The van der Waals surface area contributed by atoms with Crippen molar-refractivity contribution in [1.82, 2.24) is 25.2 Å². The average molecular weight is 397 g/mol. The molecule has 0 bridgehead atoms. The molecule has 2 aromatic rings. The molecular formula is C22H32N6O. The lowest BCUT2D eigenvalue weighted by Gasteiger charge is -2.41. The third-order valence-electron chi connectivity index (χ3n) is 7.06. The van der Waals surface area contributed by atoms with Gasteiger partial charge in [-0.1, -0.05) is 19.3 Å². The number of amides is 1. The second-order valence-corrected chi connectivity index (χ2v) is 9.01. The third kappa shape index (κ3) is 3.61. The predicted molar refractivity (Wildman–Crippen MR) is 113 cm³/mol. The Balaban J connectivity index is 1.29. The van der Waals surface area contributed by atoms with Gasteiger partial charge < -0.3 is 15.5 Å². The molecule has 1 saturated heterocycles. The van der Waals surface area contributed by atoms with Crippen LogP contribution in [0.5, 0.6) is 0 Å². The summed E-state index contributed by atoms with van der Waals surface area (Å²) in [6.45, 7) is 5.65. The fourth-order valence-electron chi connectivity index (χ4n) is 5.25. The van der Waals surface area contributed by atoms with E-state index in [4.69, 9.17) is 4.98 Å². The van der Waals surface area contributed by atoms with Gasteiger partial charge in [0.05, 0.1) is 17.8 Å². The van der Waals surface area contributed by atoms with Gasteiger partial charge in [0.1, 0.15) is 5.82 Å². The number of carbonyl (C=O) groups is 1. The van der Waals surface area contributed by atoms with E-state index < -0.39 is 0 Å². The number of rotatable bonds is 4. The molecule has 4 heterocycles. The van der Waals surface area contributed by atoms with E-state index in [1.807, 2.05) is 16.8 Å². The van der Waals surface area contributed by atoms with E-state index in [0.717, 1.165) is 50.5 Å². The number of hydrogen-bond donors (Lipinski definition) is 2. The molecule has 29 heavy (non-hydrogen) atoms. The maximum Gasteiger partial charge on any atom is 0.226 e. The first-order valence-electron chi connectivity index (χ1n) is 11.3. The van der Waals surface area contributed by atoms with Crippen molar-refractivity contribution in [3.63, 3.8) is 0 Å². The number of anilines is 1. The molecule has 3 aliphatic rings. The minimum atomic E-state index is 0.0689. The highest BCUT2D eigenvalue weighted by molar-refractivity contribution is 5.82. The van der Waals surface area contributed by atoms with Gasteiger partial charge in [0.15, 0.2) is 5.65 Å². The fourth-order valence-corrected chi connectivity index (χ4v) is 5.25. The molecule has 2 fully saturated rings. The standard InChI is InChI=1S/C22H32N6O/c1-15(16-5-3-2-4-6-16)25-21(29)17-13-27(14-17)22-18-7-10-23-11-8-19(18)26-20-9-12-24-28(20)22/h9,12,15-17,23H,2-8,10-11,13-14H2,1H3,(H,25,29)/t15-/m0/s1. The summed E-state index contributed by atoms with van der Waals surface area (Å²) in [6.07, 6.45) is 10.2. The zero-order valence-electron chi connectivity index (χ0n) is 17.4. The van der Waals surface area contributed by atoms with E-state index >= 15 is 0 Å². The monoisotopic (exact) mass is 396 g/mol. The molecule has 1 amide bonds. The lowest BCUT2D eigenvalue weighted by molar-refractivity contribution is -0.126. The molecule has 5 rings (SSSR count). The van der Waals surface area contributed by atoms with Gasteiger partial charge in [-0.3, -0.25) is 4.79 Å². The molecule has 2 aromatic heterocycles. The quantitative estimate of drug-likeness (QED) is 0.826. The Hall–Kier alpha value is -2.15. The van der Waals surface area contributed by atoms with Crippen molar-refractivity contribution in [2.45, 2.75) is 57.9 Å². The Bertz CT molecular complexity index is 881. The molecule has 0 spiro atoms. The van der Waals surface area contributed by atoms with Crippen LogP contribution >= 0.6 is 0 Å². The molecule has 7 heteroatoms. The van der Waals surface area contributed by atoms with Crippen molar-refractivity contribution in [2.75, 3.05) is 31.1 Å². The zero-order valence-corrected chi connectivity index (χ0v) is 17.4. The minimum Gasteiger partial charge on any atom is -0.354 e. The van der Waals surface area contributed by atoms with Crippen LogP contribution in [0.1, 0.15) is 50.3 Å². The largest absolute Gasteiger partial charge is 0.354 e. The van der Waals surface area contributed by atoms with Gasteiger partial charge in [-0.2, -0.15) is 9.61 Å². The van der Waals surface area contributed by atoms with Gasteiger partial charge in [-0.25, -0.2) is 4.98 Å². The Morgan fingerprint density at radius 3 is 2.83 bits per heavy atom. The van der Waals surface area contributed by atoms with Crippen LogP contribution < -0.4 is 15.5 Å². The van der Waals surface area contributed by atoms with Crippen molar-refractivity contribution in [1.29, 1.82) is 0 Å². The highest BCUT2D eigenvalue weighted by Crippen LogP contribution is 2.32. The highest BCUT2D eigenvalue weighted by Gasteiger charge is 2.37. The number of nitrogens with zero attached hydrogens (tertiary/aromatic N) is 4. The first-order valence-corrected chi connectivity index (χ1v) is 11.3. The second-order valence-electron chi connectivity index (χ2n) is 9.01. The normalized spacial score (nSPS) is 22.0. The van der Waals surface area contributed by atoms with E-state index in [0.29, 0.717) is 5.92 Å². The lowest BCUT2D eigenvalue weighted by Crippen LogP contribution is -2.56. The lowest BCUT2D eigenvalue weighted by atomic mass is 9.84. The molecule has 2 aliphatic heterocycles. The summed E-state index contributed by atoms with van der Waals surface area (Å²) >= 11 is 0. The van der Waals surface area contributed by atoms with Gasteiger partial charge in [-0.15, -0.1) is 0 Å². The average Bonchev–Trinajstić information content (AvgIpc) is 3.03. The maximum absolute atomic E-state index is 12.8. The minimum absolute atomic E-state index is 0.0689. The molecule has 0 unspecified atom stereocenters. The van der Waals surface area contributed by atoms with E-state index in [9.17, 15) is 4.79 Å². The van der Waals surface area contributed by atoms with Crippen molar-refractivity contribution in [3.05, 3.63) is 23.5 Å². The van der Waals surface area contributed by atoms with Crippen LogP contribution in [-0.2, 0) is 17.6 Å². The van der Waals surface area contributed by atoms with Crippen LogP contribution in [0.15, 0.2) is 12.3 Å². The molecule has 0 radical (unpaired) electrons. The summed E-state index contributed by atoms with van der Waals surface area (Å²) in [4.78, 5) is 20.0. The fraction of sp³-hybridized carbons (Fsp3) is 0.682. The topological polar surface area (TPSA) is 74.6 Å². The Morgan fingerprint density at radius 1 is 1.21 bits per heavy atom. The van der Waals surface area contributed by atoms with Crippen molar-refractivity contribution in [3.8, 4) is 0 Å². The molecular weight excluding hydrogens is 364 g/mol. The van der Waals surface area contributed by atoms with Gasteiger partial charge in [0.25, 0.3) is 0 Å². The SMILES string of the molecule is C[C@H](NC(=O)C1CN(c2c3c(nc4ccnn24)CCNCC3)C1)C1CCCCC1. The number of fused-ring (bicyclic) bond motifs is 2. The summed E-state index contributed by atoms with van der Waals surface area (Å²) in [6, 6.07) is 2.26. The summed E-state index contributed by atoms with van der Waals surface area (Å²) in [5.74, 6) is 2.08. The molecule has 156 valence electrons. The van der Waals surface area contributed by atoms with Gasteiger partial charge in [0.2, 0.25) is 5.91 Å². The van der Waals surface area contributed by atoms with Crippen molar-refractivity contribution < 1.29 is 4.79 Å². The predicted octanol–water partition coefficient (Wildman–Crippen LogP) is 1.94. The Kier molecular flexibility index (Phi) is 5.16. The van der Waals surface area contributed by atoms with Crippen LogP contribution in [0.25, 0.3) is 5.65 Å². The smallest absolute Gasteiger partial charge is 0.226 e. The summed E-state index contributed by atoms with van der Waals surface area (Å²) in [5, 5.41) is 11.3. The van der Waals surface area contributed by atoms with E-state index in [2.05, 4.69) is 27.6 Å². The van der Waals surface area contributed by atoms with Gasteiger partial charge >= 0.3 is 0 Å². The molecule has 2 N–H and O–H groups in total. The van der Waals surface area contributed by atoms with Crippen LogP contribution in [0.3, 0.4) is 0 Å². The van der Waals surface area contributed by atoms with Crippen molar-refractivity contribution >= 4 is 17.4 Å². The number of carbonyl (C=O) groups excluding carboxylic acids is 1. The number of hydrogen-bond acceptors (Lipinski definition) is 5. The highest BCUT2D eigenvalue weighted by atomic mass is 16.2.